The Morgan fingerprint density at radius 3 is 2.85 bits per heavy atom. The van der Waals surface area contributed by atoms with Crippen molar-refractivity contribution in [3.63, 3.8) is 0 Å². The van der Waals surface area contributed by atoms with Gasteiger partial charge in [-0.3, -0.25) is 4.79 Å². The van der Waals surface area contributed by atoms with Crippen LogP contribution in [0.3, 0.4) is 0 Å². The van der Waals surface area contributed by atoms with E-state index in [2.05, 4.69) is 27.3 Å². The van der Waals surface area contributed by atoms with Crippen LogP contribution in [-0.2, 0) is 0 Å². The van der Waals surface area contributed by atoms with E-state index in [-0.39, 0.29) is 11.9 Å². The lowest BCUT2D eigenvalue weighted by molar-refractivity contribution is 0.0950. The van der Waals surface area contributed by atoms with Crippen LogP contribution in [0.4, 0.5) is 5.82 Å². The van der Waals surface area contributed by atoms with Crippen LogP contribution in [0.1, 0.15) is 37.2 Å². The molecule has 0 radical (unpaired) electrons. The minimum absolute atomic E-state index is 0.182. The highest BCUT2D eigenvalue weighted by molar-refractivity contribution is 5.92. The number of rotatable bonds is 4. The Morgan fingerprint density at radius 1 is 1.45 bits per heavy atom. The maximum Gasteiger partial charge on any atom is 0.271 e. The number of nitrogens with zero attached hydrogens (tertiary/aromatic N) is 3. The second-order valence-corrected chi connectivity index (χ2v) is 5.20. The van der Waals surface area contributed by atoms with Gasteiger partial charge >= 0.3 is 0 Å². The molecule has 1 aromatic rings. The number of anilines is 1. The van der Waals surface area contributed by atoms with E-state index in [1.807, 2.05) is 13.0 Å². The average Bonchev–Trinajstić information content (AvgIpc) is 2.48. The largest absolute Gasteiger partial charge is 0.355 e. The fraction of sp³-hybridized carbons (Fsp3) is 0.643. The minimum atomic E-state index is -0.182. The number of nitrogens with one attached hydrogen (secondary N) is 1. The summed E-state index contributed by atoms with van der Waals surface area (Å²) in [7, 11) is 0. The highest BCUT2D eigenvalue weighted by Crippen LogP contribution is 2.22. The van der Waals surface area contributed by atoms with Gasteiger partial charge in [0.05, 0.1) is 0 Å². The molecule has 3 N–H and O–H groups in total. The van der Waals surface area contributed by atoms with E-state index in [1.54, 1.807) is 6.07 Å². The molecule has 6 heteroatoms. The second-order valence-electron chi connectivity index (χ2n) is 5.20. The number of amides is 1. The van der Waals surface area contributed by atoms with Gasteiger partial charge < -0.3 is 16.0 Å². The molecule has 2 heterocycles. The molecule has 1 aromatic heterocycles. The molecule has 20 heavy (non-hydrogen) atoms. The average molecular weight is 277 g/mol. The van der Waals surface area contributed by atoms with Gasteiger partial charge in [0.1, 0.15) is 0 Å². The van der Waals surface area contributed by atoms with Gasteiger partial charge in [-0.2, -0.15) is 0 Å². The molecule has 1 amide bonds. The van der Waals surface area contributed by atoms with Crippen molar-refractivity contribution in [3.05, 3.63) is 17.8 Å². The first kappa shape index (κ1) is 14.7. The molecule has 0 aromatic carbocycles. The molecule has 0 saturated carbocycles. The van der Waals surface area contributed by atoms with Crippen molar-refractivity contribution in [2.45, 2.75) is 32.7 Å². The van der Waals surface area contributed by atoms with E-state index in [4.69, 9.17) is 5.73 Å². The first-order valence-corrected chi connectivity index (χ1v) is 7.28. The molecule has 0 bridgehead atoms. The topological polar surface area (TPSA) is 84.1 Å². The maximum atomic E-state index is 11.6. The smallest absolute Gasteiger partial charge is 0.271 e. The van der Waals surface area contributed by atoms with Crippen molar-refractivity contribution in [2.75, 3.05) is 24.5 Å². The number of piperidine rings is 1. The van der Waals surface area contributed by atoms with Gasteiger partial charge in [0.2, 0.25) is 0 Å². The summed E-state index contributed by atoms with van der Waals surface area (Å²) >= 11 is 0. The molecular formula is C14H23N5O. The Hall–Kier alpha value is -1.69. The van der Waals surface area contributed by atoms with Crippen molar-refractivity contribution in [3.8, 4) is 0 Å². The first-order chi connectivity index (χ1) is 9.65. The SMILES string of the molecule is CCNC(=O)c1ccc(N2CCC(N)C(CC)C2)nn1. The van der Waals surface area contributed by atoms with Crippen molar-refractivity contribution in [1.29, 1.82) is 0 Å². The summed E-state index contributed by atoms with van der Waals surface area (Å²) in [4.78, 5) is 13.8. The van der Waals surface area contributed by atoms with Gasteiger partial charge in [-0.25, -0.2) is 0 Å². The first-order valence-electron chi connectivity index (χ1n) is 7.28. The highest BCUT2D eigenvalue weighted by Gasteiger charge is 2.26. The van der Waals surface area contributed by atoms with Crippen LogP contribution < -0.4 is 16.0 Å². The summed E-state index contributed by atoms with van der Waals surface area (Å²) in [5, 5.41) is 10.9. The summed E-state index contributed by atoms with van der Waals surface area (Å²) in [5.41, 5.74) is 6.47. The molecular weight excluding hydrogens is 254 g/mol. The zero-order valence-electron chi connectivity index (χ0n) is 12.2. The Bertz CT molecular complexity index is 447. The third kappa shape index (κ3) is 3.25. The Labute approximate surface area is 119 Å². The lowest BCUT2D eigenvalue weighted by Crippen LogP contribution is -2.47. The van der Waals surface area contributed by atoms with Gasteiger partial charge in [0.25, 0.3) is 5.91 Å². The molecule has 110 valence electrons. The fourth-order valence-electron chi connectivity index (χ4n) is 2.56. The molecule has 2 atom stereocenters. The maximum absolute atomic E-state index is 11.6. The third-order valence-corrected chi connectivity index (χ3v) is 3.86. The van der Waals surface area contributed by atoms with Gasteiger partial charge in [0, 0.05) is 25.7 Å². The lowest BCUT2D eigenvalue weighted by Gasteiger charge is -2.36. The number of hydrogen-bond acceptors (Lipinski definition) is 5. The molecule has 2 unspecified atom stereocenters. The quantitative estimate of drug-likeness (QED) is 0.850. The lowest BCUT2D eigenvalue weighted by atomic mass is 9.91. The standard InChI is InChI=1S/C14H23N5O/c1-3-10-9-19(8-7-11(10)15)13-6-5-12(17-18-13)14(20)16-4-2/h5-6,10-11H,3-4,7-9,15H2,1-2H3,(H,16,20). The number of aromatic nitrogens is 2. The molecule has 0 spiro atoms. The summed E-state index contributed by atoms with van der Waals surface area (Å²) in [6, 6.07) is 3.86. The fourth-order valence-corrected chi connectivity index (χ4v) is 2.56. The molecule has 2 rings (SSSR count). The molecule has 1 saturated heterocycles. The van der Waals surface area contributed by atoms with Crippen LogP contribution in [0.2, 0.25) is 0 Å². The molecule has 6 nitrogen and oxygen atoms in total. The zero-order chi connectivity index (χ0) is 14.5. The van der Waals surface area contributed by atoms with E-state index in [1.165, 1.54) is 0 Å². The van der Waals surface area contributed by atoms with E-state index in [0.717, 1.165) is 31.7 Å². The van der Waals surface area contributed by atoms with Crippen LogP contribution in [-0.4, -0.2) is 41.8 Å². The molecule has 1 fully saturated rings. The van der Waals surface area contributed by atoms with Crippen LogP contribution in [0.25, 0.3) is 0 Å². The number of nitrogens with two attached hydrogens (primary N) is 1. The Balaban J connectivity index is 2.04. The number of carbonyl (C=O) groups excluding carboxylic acids is 1. The zero-order valence-corrected chi connectivity index (χ0v) is 12.2. The van der Waals surface area contributed by atoms with E-state index in [0.29, 0.717) is 18.2 Å². The monoisotopic (exact) mass is 277 g/mol. The van der Waals surface area contributed by atoms with Crippen LogP contribution in [0.5, 0.6) is 0 Å². The van der Waals surface area contributed by atoms with Crippen molar-refractivity contribution in [2.24, 2.45) is 11.7 Å². The predicted molar refractivity (Wildman–Crippen MR) is 78.6 cm³/mol. The second kappa shape index (κ2) is 6.65. The predicted octanol–water partition coefficient (Wildman–Crippen LogP) is 0.790. The third-order valence-electron chi connectivity index (χ3n) is 3.86. The summed E-state index contributed by atoms with van der Waals surface area (Å²) < 4.78 is 0. The summed E-state index contributed by atoms with van der Waals surface area (Å²) in [6.45, 7) is 6.43. The van der Waals surface area contributed by atoms with Crippen LogP contribution in [0, 0.1) is 5.92 Å². The van der Waals surface area contributed by atoms with Gasteiger partial charge in [-0.1, -0.05) is 13.3 Å². The van der Waals surface area contributed by atoms with Crippen molar-refractivity contribution < 1.29 is 4.79 Å². The van der Waals surface area contributed by atoms with Gasteiger partial charge in [-0.15, -0.1) is 10.2 Å². The number of hydrogen-bond donors (Lipinski definition) is 2. The number of carbonyl (C=O) groups is 1. The molecule has 1 aliphatic rings. The Kier molecular flexibility index (Phi) is 4.89. The summed E-state index contributed by atoms with van der Waals surface area (Å²) in [5.74, 6) is 1.13. The highest BCUT2D eigenvalue weighted by atomic mass is 16.1. The normalized spacial score (nSPS) is 22.6. The minimum Gasteiger partial charge on any atom is -0.355 e. The van der Waals surface area contributed by atoms with Crippen LogP contribution in [0.15, 0.2) is 12.1 Å². The summed E-state index contributed by atoms with van der Waals surface area (Å²) in [6.07, 6.45) is 2.04. The van der Waals surface area contributed by atoms with Crippen molar-refractivity contribution in [1.82, 2.24) is 15.5 Å². The van der Waals surface area contributed by atoms with E-state index < -0.39 is 0 Å². The molecule has 0 aliphatic carbocycles. The van der Waals surface area contributed by atoms with Crippen molar-refractivity contribution >= 4 is 11.7 Å². The van der Waals surface area contributed by atoms with E-state index in [9.17, 15) is 4.79 Å². The van der Waals surface area contributed by atoms with Gasteiger partial charge in [0.15, 0.2) is 11.5 Å². The molecule has 1 aliphatic heterocycles. The van der Waals surface area contributed by atoms with E-state index >= 15 is 0 Å². The van der Waals surface area contributed by atoms with Gasteiger partial charge in [-0.05, 0) is 31.4 Å². The van der Waals surface area contributed by atoms with Crippen LogP contribution >= 0.6 is 0 Å². The Morgan fingerprint density at radius 2 is 2.25 bits per heavy atom.